The highest BCUT2D eigenvalue weighted by atomic mass is 32.1. The fourth-order valence-corrected chi connectivity index (χ4v) is 3.90. The van der Waals surface area contributed by atoms with Gasteiger partial charge in [-0.15, -0.1) is 11.3 Å². The molecule has 0 spiro atoms. The van der Waals surface area contributed by atoms with Crippen molar-refractivity contribution < 1.29 is 13.2 Å². The maximum atomic E-state index is 13.0. The summed E-state index contributed by atoms with van der Waals surface area (Å²) in [4.78, 5) is 28.5. The van der Waals surface area contributed by atoms with E-state index in [1.54, 1.807) is 0 Å². The number of rotatable bonds is 3. The Kier molecular flexibility index (Phi) is 4.30. The summed E-state index contributed by atoms with van der Waals surface area (Å²) in [6, 6.07) is 4.38. The maximum absolute atomic E-state index is 13.0. The topological polar surface area (TPSA) is 63.9 Å². The molecule has 28 heavy (non-hydrogen) atoms. The molecule has 0 aliphatic rings. The van der Waals surface area contributed by atoms with Crippen LogP contribution < -0.4 is 10.5 Å². The van der Waals surface area contributed by atoms with E-state index < -0.39 is 11.7 Å². The van der Waals surface area contributed by atoms with Crippen molar-refractivity contribution in [2.24, 2.45) is 0 Å². The number of benzene rings is 1. The van der Waals surface area contributed by atoms with Crippen molar-refractivity contribution in [3.8, 4) is 5.69 Å². The molecule has 6 nitrogen and oxygen atoms in total. The molecule has 0 fully saturated rings. The molecule has 0 unspecified atom stereocenters. The molecule has 0 N–H and O–H groups in total. The summed E-state index contributed by atoms with van der Waals surface area (Å²) < 4.78 is 39.9. The van der Waals surface area contributed by atoms with Crippen LogP contribution in [0.5, 0.6) is 0 Å². The van der Waals surface area contributed by atoms with E-state index in [9.17, 15) is 18.0 Å². The summed E-state index contributed by atoms with van der Waals surface area (Å²) in [6.45, 7) is 2.69. The second kappa shape index (κ2) is 6.55. The Morgan fingerprint density at radius 2 is 1.86 bits per heavy atom. The molecule has 3 heterocycles. The number of fused-ring (bicyclic) bond motifs is 3. The highest BCUT2D eigenvalue weighted by Crippen LogP contribution is 2.34. The van der Waals surface area contributed by atoms with Crippen molar-refractivity contribution in [2.45, 2.75) is 13.1 Å². The lowest BCUT2D eigenvalue weighted by molar-refractivity contribution is -0.137. The Bertz CT molecular complexity index is 1230. The monoisotopic (exact) mass is 405 g/mol. The second-order valence-corrected chi connectivity index (χ2v) is 7.13. The first-order valence-electron chi connectivity index (χ1n) is 8.35. The highest BCUT2D eigenvalue weighted by Gasteiger charge is 2.30. The maximum Gasteiger partial charge on any atom is 0.416 e. The van der Waals surface area contributed by atoms with Gasteiger partial charge in [-0.2, -0.15) is 13.2 Å². The molecule has 0 saturated heterocycles. The van der Waals surface area contributed by atoms with Crippen LogP contribution in [0.1, 0.15) is 12.5 Å². The minimum atomic E-state index is -4.43. The second-order valence-electron chi connectivity index (χ2n) is 6.14. The molecule has 10 heteroatoms. The van der Waals surface area contributed by atoms with Crippen LogP contribution in [0.2, 0.25) is 0 Å². The first-order valence-corrected chi connectivity index (χ1v) is 9.16. The van der Waals surface area contributed by atoms with Gasteiger partial charge in [-0.1, -0.05) is 0 Å². The minimum Gasteiger partial charge on any atom is -0.359 e. The predicted molar refractivity (Wildman–Crippen MR) is 102 cm³/mol. The molecule has 0 radical (unpaired) electrons. The quantitative estimate of drug-likeness (QED) is 0.518. The van der Waals surface area contributed by atoms with Crippen LogP contribution in [-0.2, 0) is 6.18 Å². The van der Waals surface area contributed by atoms with Gasteiger partial charge in [-0.3, -0.25) is 9.36 Å². The standard InChI is InChI=1S/C18H14F3N5OS/c1-3-25(2)15-12-13-14(28-16(12)23-8-22-15)17(27)26(9-24-13)11-6-4-10(5-7-11)18(19,20)21/h4-9H,3H2,1-2H3. The SMILES string of the molecule is CCN(C)c1ncnc2sc3c(=O)n(-c4ccc(C(F)(F)F)cc4)cnc3c12. The summed E-state index contributed by atoms with van der Waals surface area (Å²) in [7, 11) is 1.88. The molecular formula is C18H14F3N5OS. The van der Waals surface area contributed by atoms with Crippen molar-refractivity contribution >= 4 is 37.6 Å². The molecule has 0 aliphatic carbocycles. The smallest absolute Gasteiger partial charge is 0.359 e. The van der Waals surface area contributed by atoms with Crippen LogP contribution in [-0.4, -0.2) is 33.1 Å². The summed E-state index contributed by atoms with van der Waals surface area (Å²) >= 11 is 1.19. The largest absolute Gasteiger partial charge is 0.416 e. The van der Waals surface area contributed by atoms with E-state index in [-0.39, 0.29) is 5.56 Å². The van der Waals surface area contributed by atoms with Crippen LogP contribution in [0, 0.1) is 0 Å². The van der Waals surface area contributed by atoms with Gasteiger partial charge >= 0.3 is 6.18 Å². The van der Waals surface area contributed by atoms with Gasteiger partial charge in [0.2, 0.25) is 0 Å². The fourth-order valence-electron chi connectivity index (χ4n) is 2.88. The van der Waals surface area contributed by atoms with E-state index >= 15 is 0 Å². The summed E-state index contributed by atoms with van der Waals surface area (Å²) in [5.41, 5.74) is -0.341. The van der Waals surface area contributed by atoms with Gasteiger partial charge in [0.15, 0.2) is 0 Å². The summed E-state index contributed by atoms with van der Waals surface area (Å²) in [5.74, 6) is 0.679. The van der Waals surface area contributed by atoms with Gasteiger partial charge in [-0.25, -0.2) is 15.0 Å². The Morgan fingerprint density at radius 1 is 1.14 bits per heavy atom. The van der Waals surface area contributed by atoms with E-state index in [4.69, 9.17) is 0 Å². The zero-order valence-corrected chi connectivity index (χ0v) is 15.7. The van der Waals surface area contributed by atoms with Crippen molar-refractivity contribution in [1.82, 2.24) is 19.5 Å². The third-order valence-electron chi connectivity index (χ3n) is 4.47. The Balaban J connectivity index is 1.91. The van der Waals surface area contributed by atoms with Crippen molar-refractivity contribution in [3.63, 3.8) is 0 Å². The number of alkyl halides is 3. The molecule has 0 amide bonds. The number of aromatic nitrogens is 4. The zero-order valence-electron chi connectivity index (χ0n) is 14.9. The van der Waals surface area contributed by atoms with E-state index in [1.807, 2.05) is 18.9 Å². The van der Waals surface area contributed by atoms with Crippen LogP contribution in [0.3, 0.4) is 0 Å². The Morgan fingerprint density at radius 3 is 2.50 bits per heavy atom. The van der Waals surface area contributed by atoms with E-state index in [0.717, 1.165) is 12.1 Å². The predicted octanol–water partition coefficient (Wildman–Crippen LogP) is 3.87. The number of nitrogens with zero attached hydrogens (tertiary/aromatic N) is 5. The average molecular weight is 405 g/mol. The normalized spacial score (nSPS) is 12.0. The number of hydrogen-bond donors (Lipinski definition) is 0. The third kappa shape index (κ3) is 2.89. The van der Waals surface area contributed by atoms with Crippen LogP contribution in [0.25, 0.3) is 26.1 Å². The van der Waals surface area contributed by atoms with E-state index in [1.165, 1.54) is 40.7 Å². The number of halogens is 3. The lowest BCUT2D eigenvalue weighted by atomic mass is 10.2. The van der Waals surface area contributed by atoms with Gasteiger partial charge in [0.05, 0.1) is 16.6 Å². The molecule has 144 valence electrons. The van der Waals surface area contributed by atoms with Gasteiger partial charge in [0.25, 0.3) is 5.56 Å². The van der Waals surface area contributed by atoms with Crippen LogP contribution in [0.4, 0.5) is 19.0 Å². The van der Waals surface area contributed by atoms with Crippen LogP contribution in [0.15, 0.2) is 41.7 Å². The number of hydrogen-bond acceptors (Lipinski definition) is 6. The van der Waals surface area contributed by atoms with E-state index in [2.05, 4.69) is 15.0 Å². The molecular weight excluding hydrogens is 391 g/mol. The molecule has 0 aliphatic heterocycles. The van der Waals surface area contributed by atoms with Crippen LogP contribution >= 0.6 is 11.3 Å². The summed E-state index contributed by atoms with van der Waals surface area (Å²) in [5, 5.41) is 0.698. The first-order chi connectivity index (χ1) is 13.3. The van der Waals surface area contributed by atoms with Gasteiger partial charge in [0.1, 0.15) is 33.5 Å². The molecule has 3 aromatic heterocycles. The van der Waals surface area contributed by atoms with Crippen molar-refractivity contribution in [2.75, 3.05) is 18.5 Å². The van der Waals surface area contributed by atoms with Gasteiger partial charge in [-0.05, 0) is 31.2 Å². The van der Waals surface area contributed by atoms with Crippen molar-refractivity contribution in [3.05, 3.63) is 52.8 Å². The Labute approximate surface area is 160 Å². The first kappa shape index (κ1) is 18.4. The summed E-state index contributed by atoms with van der Waals surface area (Å²) in [6.07, 6.45) is -1.67. The zero-order chi connectivity index (χ0) is 20.1. The lowest BCUT2D eigenvalue weighted by Gasteiger charge is -2.15. The molecule has 0 saturated carbocycles. The molecule has 1 aromatic carbocycles. The fraction of sp³-hybridized carbons (Fsp3) is 0.222. The lowest BCUT2D eigenvalue weighted by Crippen LogP contribution is -2.19. The average Bonchev–Trinajstić information content (AvgIpc) is 3.07. The molecule has 0 atom stereocenters. The van der Waals surface area contributed by atoms with Gasteiger partial charge in [0, 0.05) is 13.6 Å². The molecule has 4 aromatic rings. The third-order valence-corrected chi connectivity index (χ3v) is 5.54. The minimum absolute atomic E-state index is 0.307. The number of anilines is 1. The molecule has 0 bridgehead atoms. The highest BCUT2D eigenvalue weighted by molar-refractivity contribution is 7.25. The van der Waals surface area contributed by atoms with Gasteiger partial charge < -0.3 is 4.90 Å². The Hall–Kier alpha value is -3.01. The molecule has 4 rings (SSSR count). The van der Waals surface area contributed by atoms with Crippen molar-refractivity contribution in [1.29, 1.82) is 0 Å². The van der Waals surface area contributed by atoms with E-state index in [0.29, 0.717) is 38.5 Å². The number of thiophene rings is 1.